The monoisotopic (exact) mass is 228 g/mol. The number of aryl methyl sites for hydroxylation is 1. The predicted octanol–water partition coefficient (Wildman–Crippen LogP) is 3.16. The Morgan fingerprint density at radius 3 is 2.88 bits per heavy atom. The molecule has 0 amide bonds. The van der Waals surface area contributed by atoms with E-state index in [1.807, 2.05) is 37.4 Å². The minimum Gasteiger partial charge on any atom is -0.331 e. The van der Waals surface area contributed by atoms with Crippen LogP contribution in [-0.2, 0) is 6.54 Å². The summed E-state index contributed by atoms with van der Waals surface area (Å²) in [6.07, 6.45) is 4.27. The van der Waals surface area contributed by atoms with Crippen LogP contribution in [-0.4, -0.2) is 15.3 Å². The standard InChI is InChI=1S/C14H16N2O/c1-3-13(17)11-6-5-7-12(10-11)14-15-8-9-16(14)4-2/h5-10H,3-4H2,1-2H3. The molecular weight excluding hydrogens is 212 g/mol. The number of nitrogens with zero attached hydrogens (tertiary/aromatic N) is 2. The second-order valence-corrected chi connectivity index (χ2v) is 3.89. The Morgan fingerprint density at radius 2 is 2.18 bits per heavy atom. The van der Waals surface area contributed by atoms with Crippen molar-refractivity contribution in [2.24, 2.45) is 0 Å². The molecule has 1 aromatic carbocycles. The SMILES string of the molecule is CCC(=O)c1cccc(-c2nccn2CC)c1. The molecule has 0 atom stereocenters. The number of aromatic nitrogens is 2. The van der Waals surface area contributed by atoms with E-state index in [9.17, 15) is 4.79 Å². The van der Waals surface area contributed by atoms with Gasteiger partial charge in [-0.15, -0.1) is 0 Å². The van der Waals surface area contributed by atoms with E-state index in [0.717, 1.165) is 23.5 Å². The zero-order valence-electron chi connectivity index (χ0n) is 10.2. The van der Waals surface area contributed by atoms with E-state index in [0.29, 0.717) is 6.42 Å². The molecule has 0 saturated heterocycles. The van der Waals surface area contributed by atoms with E-state index in [2.05, 4.69) is 16.5 Å². The lowest BCUT2D eigenvalue weighted by Crippen LogP contribution is -1.99. The lowest BCUT2D eigenvalue weighted by molar-refractivity contribution is 0.0988. The van der Waals surface area contributed by atoms with Gasteiger partial charge in [-0.25, -0.2) is 4.98 Å². The summed E-state index contributed by atoms with van der Waals surface area (Å²) in [5, 5.41) is 0. The molecule has 1 heterocycles. The Bertz CT molecular complexity index is 529. The maximum absolute atomic E-state index is 11.7. The highest BCUT2D eigenvalue weighted by Gasteiger charge is 2.08. The first-order valence-corrected chi connectivity index (χ1v) is 5.91. The highest BCUT2D eigenvalue weighted by Crippen LogP contribution is 2.19. The third kappa shape index (κ3) is 2.28. The number of carbonyl (C=O) groups is 1. The summed E-state index contributed by atoms with van der Waals surface area (Å²) in [6, 6.07) is 7.67. The zero-order valence-corrected chi connectivity index (χ0v) is 10.2. The van der Waals surface area contributed by atoms with Crippen molar-refractivity contribution in [2.45, 2.75) is 26.8 Å². The Labute approximate surface area is 101 Å². The van der Waals surface area contributed by atoms with Gasteiger partial charge in [0.2, 0.25) is 0 Å². The smallest absolute Gasteiger partial charge is 0.162 e. The fourth-order valence-corrected chi connectivity index (χ4v) is 1.86. The number of hydrogen-bond acceptors (Lipinski definition) is 2. The van der Waals surface area contributed by atoms with Crippen molar-refractivity contribution in [3.63, 3.8) is 0 Å². The summed E-state index contributed by atoms with van der Waals surface area (Å²) in [6.45, 7) is 4.83. The molecule has 0 aliphatic carbocycles. The molecule has 0 saturated carbocycles. The van der Waals surface area contributed by atoms with Gasteiger partial charge in [-0.1, -0.05) is 25.1 Å². The van der Waals surface area contributed by atoms with E-state index in [4.69, 9.17) is 0 Å². The number of Topliss-reactive ketones (excluding diaryl/α,β-unsaturated/α-hetero) is 1. The molecule has 17 heavy (non-hydrogen) atoms. The summed E-state index contributed by atoms with van der Waals surface area (Å²) >= 11 is 0. The van der Waals surface area contributed by atoms with E-state index < -0.39 is 0 Å². The van der Waals surface area contributed by atoms with Gasteiger partial charge in [0.05, 0.1) is 0 Å². The lowest BCUT2D eigenvalue weighted by atomic mass is 10.1. The van der Waals surface area contributed by atoms with Crippen molar-refractivity contribution in [1.82, 2.24) is 9.55 Å². The highest BCUT2D eigenvalue weighted by atomic mass is 16.1. The number of rotatable bonds is 4. The van der Waals surface area contributed by atoms with Gasteiger partial charge in [0.1, 0.15) is 5.82 Å². The van der Waals surface area contributed by atoms with Crippen LogP contribution in [0, 0.1) is 0 Å². The third-order valence-electron chi connectivity index (χ3n) is 2.82. The minimum absolute atomic E-state index is 0.168. The van der Waals surface area contributed by atoms with Gasteiger partial charge < -0.3 is 4.57 Å². The van der Waals surface area contributed by atoms with E-state index >= 15 is 0 Å². The molecule has 0 radical (unpaired) electrons. The number of carbonyl (C=O) groups excluding carboxylic acids is 1. The van der Waals surface area contributed by atoms with Crippen molar-refractivity contribution in [1.29, 1.82) is 0 Å². The quantitative estimate of drug-likeness (QED) is 0.753. The van der Waals surface area contributed by atoms with Gasteiger partial charge >= 0.3 is 0 Å². The first-order valence-electron chi connectivity index (χ1n) is 5.91. The number of benzene rings is 1. The molecule has 0 N–H and O–H groups in total. The maximum atomic E-state index is 11.7. The molecule has 1 aromatic heterocycles. The van der Waals surface area contributed by atoms with E-state index in [-0.39, 0.29) is 5.78 Å². The number of ketones is 1. The zero-order chi connectivity index (χ0) is 12.3. The molecule has 2 rings (SSSR count). The van der Waals surface area contributed by atoms with Crippen LogP contribution < -0.4 is 0 Å². The van der Waals surface area contributed by atoms with Crippen LogP contribution in [0.5, 0.6) is 0 Å². The average Bonchev–Trinajstić information content (AvgIpc) is 2.86. The molecule has 0 spiro atoms. The van der Waals surface area contributed by atoms with Crippen LogP contribution in [0.1, 0.15) is 30.6 Å². The van der Waals surface area contributed by atoms with Crippen LogP contribution in [0.25, 0.3) is 11.4 Å². The number of imidazole rings is 1. The van der Waals surface area contributed by atoms with Crippen LogP contribution in [0.4, 0.5) is 0 Å². The van der Waals surface area contributed by atoms with Gasteiger partial charge in [0.25, 0.3) is 0 Å². The average molecular weight is 228 g/mol. The summed E-state index contributed by atoms with van der Waals surface area (Å²) in [5.41, 5.74) is 1.76. The topological polar surface area (TPSA) is 34.9 Å². The number of hydrogen-bond donors (Lipinski definition) is 0. The predicted molar refractivity (Wildman–Crippen MR) is 68.0 cm³/mol. The lowest BCUT2D eigenvalue weighted by Gasteiger charge is -2.06. The molecular formula is C14H16N2O. The summed E-state index contributed by atoms with van der Waals surface area (Å²) in [7, 11) is 0. The maximum Gasteiger partial charge on any atom is 0.162 e. The van der Waals surface area contributed by atoms with Crippen LogP contribution in [0.15, 0.2) is 36.7 Å². The van der Waals surface area contributed by atoms with E-state index in [1.165, 1.54) is 0 Å². The second-order valence-electron chi connectivity index (χ2n) is 3.89. The summed E-state index contributed by atoms with van der Waals surface area (Å²) in [4.78, 5) is 16.0. The van der Waals surface area contributed by atoms with Gasteiger partial charge in [0.15, 0.2) is 5.78 Å². The van der Waals surface area contributed by atoms with Crippen LogP contribution >= 0.6 is 0 Å². The summed E-state index contributed by atoms with van der Waals surface area (Å²) < 4.78 is 2.07. The van der Waals surface area contributed by atoms with Crippen molar-refractivity contribution < 1.29 is 4.79 Å². The van der Waals surface area contributed by atoms with Crippen molar-refractivity contribution in [3.8, 4) is 11.4 Å². The molecule has 88 valence electrons. The van der Waals surface area contributed by atoms with Crippen LogP contribution in [0.2, 0.25) is 0 Å². The first-order chi connectivity index (χ1) is 8.26. The van der Waals surface area contributed by atoms with E-state index in [1.54, 1.807) is 6.20 Å². The van der Waals surface area contributed by atoms with Gasteiger partial charge in [0, 0.05) is 36.5 Å². The fraction of sp³-hybridized carbons (Fsp3) is 0.286. The van der Waals surface area contributed by atoms with Crippen molar-refractivity contribution >= 4 is 5.78 Å². The van der Waals surface area contributed by atoms with Crippen molar-refractivity contribution in [2.75, 3.05) is 0 Å². The first kappa shape index (κ1) is 11.6. The Morgan fingerprint density at radius 1 is 1.35 bits per heavy atom. The molecule has 0 bridgehead atoms. The Balaban J connectivity index is 2.43. The van der Waals surface area contributed by atoms with Crippen LogP contribution in [0.3, 0.4) is 0 Å². The largest absolute Gasteiger partial charge is 0.331 e. The second kappa shape index (κ2) is 4.95. The van der Waals surface area contributed by atoms with Gasteiger partial charge in [-0.2, -0.15) is 0 Å². The molecule has 3 heteroatoms. The van der Waals surface area contributed by atoms with Gasteiger partial charge in [-0.3, -0.25) is 4.79 Å². The normalized spacial score (nSPS) is 10.5. The molecule has 3 nitrogen and oxygen atoms in total. The van der Waals surface area contributed by atoms with Gasteiger partial charge in [-0.05, 0) is 13.0 Å². The molecule has 0 aliphatic rings. The highest BCUT2D eigenvalue weighted by molar-refractivity contribution is 5.96. The fourth-order valence-electron chi connectivity index (χ4n) is 1.86. The molecule has 0 aliphatic heterocycles. The summed E-state index contributed by atoms with van der Waals surface area (Å²) in [5.74, 6) is 1.08. The molecule has 0 unspecified atom stereocenters. The molecule has 0 fully saturated rings. The Kier molecular flexibility index (Phi) is 3.38. The minimum atomic E-state index is 0.168. The third-order valence-corrected chi connectivity index (χ3v) is 2.82. The molecule has 2 aromatic rings. The Hall–Kier alpha value is -1.90. The van der Waals surface area contributed by atoms with Crippen molar-refractivity contribution in [3.05, 3.63) is 42.2 Å².